The predicted octanol–water partition coefficient (Wildman–Crippen LogP) is 4.39. The Labute approximate surface area is 153 Å². The third kappa shape index (κ3) is 6.55. The summed E-state index contributed by atoms with van der Waals surface area (Å²) < 4.78 is 5.40. The van der Waals surface area contributed by atoms with Crippen LogP contribution in [-0.2, 0) is 4.74 Å². The fraction of sp³-hybridized carbons (Fsp3) is 0.556. The van der Waals surface area contributed by atoms with Gasteiger partial charge < -0.3 is 9.64 Å². The molecule has 0 atom stereocenters. The lowest BCUT2D eigenvalue weighted by molar-refractivity contribution is 0.0185. The molecule has 0 aliphatic carbocycles. The Kier molecular flexibility index (Phi) is 6.67. The minimum atomic E-state index is -0.481. The Morgan fingerprint density at radius 1 is 1.40 bits per heavy atom. The molecule has 1 aliphatic heterocycles. The molecule has 2 rings (SSSR count). The standard InChI is InChI=1S/C18H26ClN3O3/c1-18(2,3)25-17(23)22-9-7-13(8-10-22)11-16(21-24)20-15-6-4-5-14(19)12-15/h4-6,12-13,24H,7-11H2,1-3H3,(H,20,21). The second-order valence-corrected chi connectivity index (χ2v) is 7.70. The smallest absolute Gasteiger partial charge is 0.410 e. The van der Waals surface area contributed by atoms with E-state index in [1.807, 2.05) is 32.9 Å². The number of hydroxylamine groups is 1. The SMILES string of the molecule is CC(C)(C)OC(=O)N1CCC(CC(=Nc2cccc(Cl)c2)NO)CC1. The van der Waals surface area contributed by atoms with Gasteiger partial charge in [-0.2, -0.15) is 0 Å². The molecule has 0 saturated carbocycles. The van der Waals surface area contributed by atoms with Crippen molar-refractivity contribution in [3.63, 3.8) is 0 Å². The van der Waals surface area contributed by atoms with E-state index in [1.54, 1.807) is 17.0 Å². The van der Waals surface area contributed by atoms with Gasteiger partial charge in [0.25, 0.3) is 0 Å². The first-order valence-corrected chi connectivity index (χ1v) is 8.86. The van der Waals surface area contributed by atoms with Crippen LogP contribution >= 0.6 is 11.6 Å². The van der Waals surface area contributed by atoms with Gasteiger partial charge in [0, 0.05) is 24.5 Å². The Morgan fingerprint density at radius 3 is 2.64 bits per heavy atom. The van der Waals surface area contributed by atoms with Crippen LogP contribution in [0.2, 0.25) is 5.02 Å². The van der Waals surface area contributed by atoms with E-state index in [2.05, 4.69) is 10.5 Å². The van der Waals surface area contributed by atoms with Crippen molar-refractivity contribution in [3.8, 4) is 0 Å². The Bertz CT molecular complexity index is 620. The van der Waals surface area contributed by atoms with Crippen molar-refractivity contribution < 1.29 is 14.7 Å². The Balaban J connectivity index is 1.89. The van der Waals surface area contributed by atoms with Gasteiger partial charge in [0.2, 0.25) is 0 Å². The lowest BCUT2D eigenvalue weighted by Gasteiger charge is -2.33. The zero-order valence-corrected chi connectivity index (χ0v) is 15.7. The molecular formula is C18H26ClN3O3. The van der Waals surface area contributed by atoms with Gasteiger partial charge in [0.1, 0.15) is 11.4 Å². The van der Waals surface area contributed by atoms with E-state index in [1.165, 1.54) is 0 Å². The average Bonchev–Trinajstić information content (AvgIpc) is 2.53. The molecule has 25 heavy (non-hydrogen) atoms. The molecule has 7 heteroatoms. The summed E-state index contributed by atoms with van der Waals surface area (Å²) in [5.74, 6) is 0.842. The van der Waals surface area contributed by atoms with E-state index < -0.39 is 5.60 Å². The van der Waals surface area contributed by atoms with Crippen LogP contribution < -0.4 is 5.48 Å². The number of likely N-dealkylation sites (tertiary alicyclic amines) is 1. The molecule has 6 nitrogen and oxygen atoms in total. The van der Waals surface area contributed by atoms with Crippen molar-refractivity contribution in [1.29, 1.82) is 0 Å². The summed E-state index contributed by atoms with van der Waals surface area (Å²) in [6.07, 6.45) is 2.04. The molecule has 1 aromatic carbocycles. The van der Waals surface area contributed by atoms with Crippen LogP contribution in [0.15, 0.2) is 29.3 Å². The average molecular weight is 368 g/mol. The molecule has 138 valence electrons. The quantitative estimate of drug-likeness (QED) is 0.472. The molecule has 1 heterocycles. The highest BCUT2D eigenvalue weighted by Gasteiger charge is 2.27. The molecule has 1 saturated heterocycles. The third-order valence-electron chi connectivity index (χ3n) is 3.95. The molecule has 1 aromatic rings. The first-order chi connectivity index (χ1) is 11.8. The van der Waals surface area contributed by atoms with Gasteiger partial charge in [0.05, 0.1) is 5.69 Å². The minimum Gasteiger partial charge on any atom is -0.444 e. The van der Waals surface area contributed by atoms with Gasteiger partial charge in [-0.1, -0.05) is 17.7 Å². The summed E-state index contributed by atoms with van der Waals surface area (Å²) in [5.41, 5.74) is 2.39. The fourth-order valence-corrected chi connectivity index (χ4v) is 2.92. The van der Waals surface area contributed by atoms with Crippen molar-refractivity contribution in [2.24, 2.45) is 10.9 Å². The lowest BCUT2D eigenvalue weighted by atomic mass is 9.93. The van der Waals surface area contributed by atoms with Crippen LogP contribution in [0.3, 0.4) is 0 Å². The molecule has 0 bridgehead atoms. The van der Waals surface area contributed by atoms with Crippen molar-refractivity contribution in [2.75, 3.05) is 13.1 Å². The summed E-state index contributed by atoms with van der Waals surface area (Å²) in [5, 5.41) is 9.96. The summed E-state index contributed by atoms with van der Waals surface area (Å²) in [6, 6.07) is 7.16. The fourth-order valence-electron chi connectivity index (χ4n) is 2.74. The van der Waals surface area contributed by atoms with Crippen LogP contribution in [0, 0.1) is 5.92 Å². The number of benzene rings is 1. The van der Waals surface area contributed by atoms with Crippen molar-refractivity contribution >= 4 is 29.2 Å². The van der Waals surface area contributed by atoms with E-state index in [4.69, 9.17) is 16.3 Å². The van der Waals surface area contributed by atoms with Crippen LogP contribution in [0.1, 0.15) is 40.0 Å². The van der Waals surface area contributed by atoms with Crippen LogP contribution in [0.4, 0.5) is 10.5 Å². The highest BCUT2D eigenvalue weighted by molar-refractivity contribution is 6.30. The summed E-state index contributed by atoms with van der Waals surface area (Å²) in [7, 11) is 0. The van der Waals surface area contributed by atoms with E-state index in [0.29, 0.717) is 42.0 Å². The second kappa shape index (κ2) is 8.54. The predicted molar refractivity (Wildman–Crippen MR) is 98.6 cm³/mol. The molecule has 0 spiro atoms. The maximum atomic E-state index is 12.1. The second-order valence-electron chi connectivity index (χ2n) is 7.27. The number of piperidine rings is 1. The largest absolute Gasteiger partial charge is 0.444 e. The van der Waals surface area contributed by atoms with E-state index >= 15 is 0 Å². The van der Waals surface area contributed by atoms with E-state index in [9.17, 15) is 10.0 Å². The van der Waals surface area contributed by atoms with E-state index in [-0.39, 0.29) is 6.09 Å². The highest BCUT2D eigenvalue weighted by Crippen LogP contribution is 2.24. The monoisotopic (exact) mass is 367 g/mol. The van der Waals surface area contributed by atoms with Gasteiger partial charge in [-0.25, -0.2) is 9.79 Å². The van der Waals surface area contributed by atoms with E-state index in [0.717, 1.165) is 12.8 Å². The highest BCUT2D eigenvalue weighted by atomic mass is 35.5. The number of amides is 1. The number of ether oxygens (including phenoxy) is 1. The summed E-state index contributed by atoms with van der Waals surface area (Å²) in [6.45, 7) is 6.89. The zero-order chi connectivity index (χ0) is 18.4. The van der Waals surface area contributed by atoms with Gasteiger partial charge in [-0.05, 0) is 57.7 Å². The topological polar surface area (TPSA) is 74.2 Å². The van der Waals surface area contributed by atoms with Gasteiger partial charge in [-0.3, -0.25) is 10.7 Å². The maximum absolute atomic E-state index is 12.1. The number of carbonyl (C=O) groups excluding carboxylic acids is 1. The minimum absolute atomic E-state index is 0.265. The number of rotatable bonds is 3. The number of nitrogens with zero attached hydrogens (tertiary/aromatic N) is 2. The number of aliphatic imine (C=N–C) groups is 1. The molecule has 1 amide bonds. The molecule has 1 aliphatic rings. The molecule has 1 fully saturated rings. The Hall–Kier alpha value is -1.79. The zero-order valence-electron chi connectivity index (χ0n) is 15.0. The van der Waals surface area contributed by atoms with Crippen LogP contribution in [0.25, 0.3) is 0 Å². The van der Waals surface area contributed by atoms with Gasteiger partial charge >= 0.3 is 6.09 Å². The Morgan fingerprint density at radius 2 is 2.08 bits per heavy atom. The number of carbonyl (C=O) groups is 1. The third-order valence-corrected chi connectivity index (χ3v) is 4.18. The van der Waals surface area contributed by atoms with Crippen LogP contribution in [0.5, 0.6) is 0 Å². The van der Waals surface area contributed by atoms with Crippen LogP contribution in [-0.4, -0.2) is 40.7 Å². The number of amidine groups is 1. The first-order valence-electron chi connectivity index (χ1n) is 8.48. The first kappa shape index (κ1) is 19.5. The molecule has 2 N–H and O–H groups in total. The van der Waals surface area contributed by atoms with Crippen molar-refractivity contribution in [3.05, 3.63) is 29.3 Å². The maximum Gasteiger partial charge on any atom is 0.410 e. The number of halogens is 1. The lowest BCUT2D eigenvalue weighted by Crippen LogP contribution is -2.42. The normalized spacial score (nSPS) is 16.7. The van der Waals surface area contributed by atoms with Gasteiger partial charge in [-0.15, -0.1) is 0 Å². The van der Waals surface area contributed by atoms with Gasteiger partial charge in [0.15, 0.2) is 0 Å². The number of hydrogen-bond donors (Lipinski definition) is 2. The van der Waals surface area contributed by atoms with Crippen molar-refractivity contribution in [2.45, 2.75) is 45.6 Å². The number of nitrogens with one attached hydrogen (secondary N) is 1. The van der Waals surface area contributed by atoms with Crippen molar-refractivity contribution in [1.82, 2.24) is 10.4 Å². The summed E-state index contributed by atoms with van der Waals surface area (Å²) >= 11 is 5.95. The molecule has 0 radical (unpaired) electrons. The number of hydrogen-bond acceptors (Lipinski definition) is 4. The molecule has 0 unspecified atom stereocenters. The summed E-state index contributed by atoms with van der Waals surface area (Å²) in [4.78, 5) is 18.2. The molecular weight excluding hydrogens is 342 g/mol. The molecule has 0 aromatic heterocycles.